The second-order valence-electron chi connectivity index (χ2n) is 3.83. The molecule has 0 N–H and O–H groups in total. The van der Waals surface area contributed by atoms with Crippen LogP contribution in [-0.2, 0) is 11.0 Å². The third-order valence-corrected chi connectivity index (χ3v) is 2.57. The fourth-order valence-corrected chi connectivity index (χ4v) is 1.73. The van der Waals surface area contributed by atoms with Gasteiger partial charge in [0.15, 0.2) is 0 Å². The van der Waals surface area contributed by atoms with Crippen molar-refractivity contribution < 1.29 is 22.7 Å². The minimum absolute atomic E-state index is 0.0265. The van der Waals surface area contributed by atoms with Gasteiger partial charge < -0.3 is 4.74 Å². The number of esters is 1. The molecule has 86 valence electrons. The van der Waals surface area contributed by atoms with Gasteiger partial charge in [-0.15, -0.1) is 0 Å². The highest BCUT2D eigenvalue weighted by atomic mass is 19.4. The fourth-order valence-electron chi connectivity index (χ4n) is 1.73. The van der Waals surface area contributed by atoms with E-state index in [0.717, 1.165) is 12.1 Å². The number of benzene rings is 1. The summed E-state index contributed by atoms with van der Waals surface area (Å²) >= 11 is 0. The predicted octanol–water partition coefficient (Wildman–Crippen LogP) is 3.12. The van der Waals surface area contributed by atoms with Gasteiger partial charge in [0.1, 0.15) is 5.75 Å². The van der Waals surface area contributed by atoms with Crippen LogP contribution in [0, 0.1) is 0 Å². The molecule has 2 rings (SSSR count). The maximum Gasteiger partial charge on any atom is 0.416 e. The molecule has 0 amide bonds. The van der Waals surface area contributed by atoms with Crippen molar-refractivity contribution in [1.82, 2.24) is 0 Å². The standard InChI is InChI=1S/C11H9F3O2/c1-6-4-10(15)16-9-5-7(11(12,13)14)2-3-8(6)9/h2-3,5-6H,4H2,1H3. The molecule has 0 bridgehead atoms. The quantitative estimate of drug-likeness (QED) is 0.505. The number of hydrogen-bond donors (Lipinski definition) is 0. The zero-order chi connectivity index (χ0) is 11.9. The van der Waals surface area contributed by atoms with Gasteiger partial charge in [-0.1, -0.05) is 13.0 Å². The van der Waals surface area contributed by atoms with Gasteiger partial charge in [-0.25, -0.2) is 0 Å². The van der Waals surface area contributed by atoms with Crippen molar-refractivity contribution in [3.8, 4) is 5.75 Å². The Bertz CT molecular complexity index is 437. The maximum atomic E-state index is 12.4. The van der Waals surface area contributed by atoms with Crippen molar-refractivity contribution in [2.75, 3.05) is 0 Å². The molecule has 2 nitrogen and oxygen atoms in total. The summed E-state index contributed by atoms with van der Waals surface area (Å²) < 4.78 is 42.0. The largest absolute Gasteiger partial charge is 0.426 e. The molecular weight excluding hydrogens is 221 g/mol. The molecular formula is C11H9F3O2. The van der Waals surface area contributed by atoms with E-state index in [1.807, 2.05) is 0 Å². The molecule has 5 heteroatoms. The third kappa shape index (κ3) is 1.89. The Hall–Kier alpha value is -1.52. The Balaban J connectivity index is 2.46. The lowest BCUT2D eigenvalue weighted by atomic mass is 9.93. The molecule has 1 atom stereocenters. The number of alkyl halides is 3. The molecule has 16 heavy (non-hydrogen) atoms. The van der Waals surface area contributed by atoms with E-state index in [1.54, 1.807) is 6.92 Å². The Morgan fingerprint density at radius 1 is 1.38 bits per heavy atom. The van der Waals surface area contributed by atoms with Crippen LogP contribution in [-0.4, -0.2) is 5.97 Å². The van der Waals surface area contributed by atoms with Crippen molar-refractivity contribution >= 4 is 5.97 Å². The summed E-state index contributed by atoms with van der Waals surface area (Å²) in [6.45, 7) is 1.78. The van der Waals surface area contributed by atoms with E-state index < -0.39 is 17.7 Å². The molecule has 0 aromatic heterocycles. The van der Waals surface area contributed by atoms with Crippen LogP contribution in [0.4, 0.5) is 13.2 Å². The van der Waals surface area contributed by atoms with Crippen LogP contribution >= 0.6 is 0 Å². The van der Waals surface area contributed by atoms with Crippen molar-refractivity contribution in [2.45, 2.75) is 25.4 Å². The first-order chi connectivity index (χ1) is 7.38. The predicted molar refractivity (Wildman–Crippen MR) is 50.1 cm³/mol. The van der Waals surface area contributed by atoms with Crippen LogP contribution in [0.5, 0.6) is 5.75 Å². The van der Waals surface area contributed by atoms with Gasteiger partial charge in [0.05, 0.1) is 12.0 Å². The molecule has 1 aliphatic rings. The Labute approximate surface area is 90.0 Å². The topological polar surface area (TPSA) is 26.3 Å². The van der Waals surface area contributed by atoms with Crippen LogP contribution in [0.25, 0.3) is 0 Å². The van der Waals surface area contributed by atoms with Crippen LogP contribution in [0.1, 0.15) is 30.4 Å². The van der Waals surface area contributed by atoms with Gasteiger partial charge in [0, 0.05) is 0 Å². The molecule has 1 heterocycles. The summed E-state index contributed by atoms with van der Waals surface area (Å²) in [6, 6.07) is 3.26. The SMILES string of the molecule is CC1CC(=O)Oc2cc(C(F)(F)F)ccc21. The van der Waals surface area contributed by atoms with E-state index in [9.17, 15) is 18.0 Å². The highest BCUT2D eigenvalue weighted by Gasteiger charge is 2.33. The van der Waals surface area contributed by atoms with Crippen LogP contribution < -0.4 is 4.74 Å². The van der Waals surface area contributed by atoms with E-state index in [1.165, 1.54) is 6.07 Å². The normalized spacial score (nSPS) is 20.2. The van der Waals surface area contributed by atoms with Crippen LogP contribution in [0.15, 0.2) is 18.2 Å². The lowest BCUT2D eigenvalue weighted by molar-refractivity contribution is -0.139. The minimum atomic E-state index is -4.41. The smallest absolute Gasteiger partial charge is 0.416 e. The van der Waals surface area contributed by atoms with Gasteiger partial charge in [0.2, 0.25) is 0 Å². The first-order valence-electron chi connectivity index (χ1n) is 4.80. The van der Waals surface area contributed by atoms with E-state index >= 15 is 0 Å². The molecule has 0 aliphatic carbocycles. The molecule has 0 spiro atoms. The number of ether oxygens (including phenoxy) is 1. The molecule has 0 fully saturated rings. The van der Waals surface area contributed by atoms with E-state index in [2.05, 4.69) is 0 Å². The molecule has 1 unspecified atom stereocenters. The number of fused-ring (bicyclic) bond motifs is 1. The second-order valence-corrected chi connectivity index (χ2v) is 3.83. The van der Waals surface area contributed by atoms with Crippen molar-refractivity contribution in [3.05, 3.63) is 29.3 Å². The average molecular weight is 230 g/mol. The lowest BCUT2D eigenvalue weighted by Crippen LogP contribution is -2.19. The molecule has 1 aromatic rings. The minimum Gasteiger partial charge on any atom is -0.426 e. The van der Waals surface area contributed by atoms with Gasteiger partial charge >= 0.3 is 12.1 Å². The first kappa shape index (κ1) is 11.0. The number of carbonyl (C=O) groups excluding carboxylic acids is 1. The molecule has 0 saturated carbocycles. The zero-order valence-electron chi connectivity index (χ0n) is 8.47. The highest BCUT2D eigenvalue weighted by molar-refractivity contribution is 5.76. The first-order valence-corrected chi connectivity index (χ1v) is 4.80. The van der Waals surface area contributed by atoms with E-state index in [-0.39, 0.29) is 18.1 Å². The molecule has 0 saturated heterocycles. The van der Waals surface area contributed by atoms with Crippen LogP contribution in [0.3, 0.4) is 0 Å². The summed E-state index contributed by atoms with van der Waals surface area (Å²) in [4.78, 5) is 11.1. The number of carbonyl (C=O) groups is 1. The van der Waals surface area contributed by atoms with Gasteiger partial charge in [-0.3, -0.25) is 4.79 Å². The Kier molecular flexibility index (Phi) is 2.40. The van der Waals surface area contributed by atoms with Gasteiger partial charge in [-0.05, 0) is 23.6 Å². The number of rotatable bonds is 0. The maximum absolute atomic E-state index is 12.4. The fraction of sp³-hybridized carbons (Fsp3) is 0.364. The summed E-state index contributed by atoms with van der Waals surface area (Å²) in [5, 5.41) is 0. The van der Waals surface area contributed by atoms with Crippen LogP contribution in [0.2, 0.25) is 0 Å². The monoisotopic (exact) mass is 230 g/mol. The lowest BCUT2D eigenvalue weighted by Gasteiger charge is -2.22. The molecule has 0 radical (unpaired) electrons. The van der Waals surface area contributed by atoms with Crippen molar-refractivity contribution in [1.29, 1.82) is 0 Å². The Morgan fingerprint density at radius 2 is 2.06 bits per heavy atom. The number of hydrogen-bond acceptors (Lipinski definition) is 2. The van der Waals surface area contributed by atoms with E-state index in [4.69, 9.17) is 4.74 Å². The van der Waals surface area contributed by atoms with E-state index in [0.29, 0.717) is 5.56 Å². The average Bonchev–Trinajstić information content (AvgIpc) is 2.15. The van der Waals surface area contributed by atoms with Gasteiger partial charge in [0.25, 0.3) is 0 Å². The molecule has 1 aromatic carbocycles. The zero-order valence-corrected chi connectivity index (χ0v) is 8.47. The summed E-state index contributed by atoms with van der Waals surface area (Å²) in [6.07, 6.45) is -4.21. The van der Waals surface area contributed by atoms with Gasteiger partial charge in [-0.2, -0.15) is 13.2 Å². The second kappa shape index (κ2) is 3.50. The summed E-state index contributed by atoms with van der Waals surface area (Å²) in [7, 11) is 0. The van der Waals surface area contributed by atoms with Crippen molar-refractivity contribution in [2.24, 2.45) is 0 Å². The Morgan fingerprint density at radius 3 is 2.69 bits per heavy atom. The van der Waals surface area contributed by atoms with Crippen molar-refractivity contribution in [3.63, 3.8) is 0 Å². The number of halogens is 3. The summed E-state index contributed by atoms with van der Waals surface area (Å²) in [5.74, 6) is -0.559. The third-order valence-electron chi connectivity index (χ3n) is 2.57. The summed E-state index contributed by atoms with van der Waals surface area (Å²) in [5.41, 5.74) is -0.152. The molecule has 1 aliphatic heterocycles. The highest BCUT2D eigenvalue weighted by Crippen LogP contribution is 2.38.